The molecule has 3 aromatic rings. The van der Waals surface area contributed by atoms with E-state index >= 15 is 0 Å². The lowest BCUT2D eigenvalue weighted by Gasteiger charge is -2.36. The number of pyridine rings is 1. The van der Waals surface area contributed by atoms with Crippen molar-refractivity contribution in [3.05, 3.63) is 66.5 Å². The second-order valence-corrected chi connectivity index (χ2v) is 7.89. The number of amides is 1. The van der Waals surface area contributed by atoms with Crippen molar-refractivity contribution in [2.75, 3.05) is 11.9 Å². The second-order valence-electron chi connectivity index (χ2n) is 7.89. The molecule has 160 valence electrons. The van der Waals surface area contributed by atoms with Crippen LogP contribution in [0.25, 0.3) is 11.3 Å². The maximum absolute atomic E-state index is 13.6. The SMILES string of the molecule is CCCC1CCC(c2nc(Nc3cccc(F)c3)cc(-c3cccnc3)n2)CN1C=O. The van der Waals surface area contributed by atoms with Crippen molar-refractivity contribution in [2.45, 2.75) is 44.6 Å². The quantitative estimate of drug-likeness (QED) is 0.550. The molecule has 2 atom stereocenters. The van der Waals surface area contributed by atoms with Gasteiger partial charge in [-0.3, -0.25) is 9.78 Å². The molecule has 0 saturated carbocycles. The molecule has 2 aromatic heterocycles. The van der Waals surface area contributed by atoms with Crippen LogP contribution in [0.5, 0.6) is 0 Å². The van der Waals surface area contributed by atoms with Crippen LogP contribution in [0.1, 0.15) is 44.3 Å². The lowest BCUT2D eigenvalue weighted by Crippen LogP contribution is -2.42. The van der Waals surface area contributed by atoms with Gasteiger partial charge in [-0.25, -0.2) is 14.4 Å². The fourth-order valence-corrected chi connectivity index (χ4v) is 4.13. The van der Waals surface area contributed by atoms with Gasteiger partial charge in [-0.1, -0.05) is 19.4 Å². The predicted octanol–water partition coefficient (Wildman–Crippen LogP) is 4.93. The number of benzene rings is 1. The minimum absolute atomic E-state index is 0.0444. The van der Waals surface area contributed by atoms with E-state index in [0.29, 0.717) is 23.9 Å². The summed E-state index contributed by atoms with van der Waals surface area (Å²) in [6.07, 6.45) is 8.34. The highest BCUT2D eigenvalue weighted by Gasteiger charge is 2.29. The standard InChI is InChI=1S/C24H26FN5O/c1-2-5-21-10-9-18(15-30(21)16-31)24-28-22(17-6-4-11-26-14-17)13-23(29-24)27-20-8-3-7-19(25)12-20/h3-4,6-8,11-14,16,18,21H,2,5,9-10,15H2,1H3,(H,27,28,29). The Balaban J connectivity index is 1.67. The molecule has 1 fully saturated rings. The van der Waals surface area contributed by atoms with Crippen LogP contribution in [0.4, 0.5) is 15.9 Å². The minimum Gasteiger partial charge on any atom is -0.342 e. The average Bonchev–Trinajstić information content (AvgIpc) is 2.80. The van der Waals surface area contributed by atoms with Crippen LogP contribution in [0.15, 0.2) is 54.9 Å². The number of nitrogens with one attached hydrogen (secondary N) is 1. The lowest BCUT2D eigenvalue weighted by molar-refractivity contribution is -0.122. The van der Waals surface area contributed by atoms with Crippen molar-refractivity contribution in [1.82, 2.24) is 19.9 Å². The molecule has 1 N–H and O–H groups in total. The van der Waals surface area contributed by atoms with Gasteiger partial charge in [-0.05, 0) is 49.6 Å². The van der Waals surface area contributed by atoms with Crippen LogP contribution in [0.2, 0.25) is 0 Å². The summed E-state index contributed by atoms with van der Waals surface area (Å²) in [4.78, 5) is 27.3. The van der Waals surface area contributed by atoms with E-state index in [1.165, 1.54) is 12.1 Å². The number of carbonyl (C=O) groups excluding carboxylic acids is 1. The van der Waals surface area contributed by atoms with Crippen LogP contribution >= 0.6 is 0 Å². The number of halogens is 1. The Morgan fingerprint density at radius 3 is 2.84 bits per heavy atom. The van der Waals surface area contributed by atoms with Crippen molar-refractivity contribution < 1.29 is 9.18 Å². The Morgan fingerprint density at radius 1 is 1.19 bits per heavy atom. The molecule has 0 spiro atoms. The molecule has 3 heterocycles. The molecule has 1 saturated heterocycles. The summed E-state index contributed by atoms with van der Waals surface area (Å²) < 4.78 is 13.6. The number of aromatic nitrogens is 3. The van der Waals surface area contributed by atoms with Gasteiger partial charge in [0.25, 0.3) is 0 Å². The summed E-state index contributed by atoms with van der Waals surface area (Å²) >= 11 is 0. The van der Waals surface area contributed by atoms with Crippen LogP contribution in [-0.4, -0.2) is 38.8 Å². The molecule has 0 aliphatic carbocycles. The average molecular weight is 420 g/mol. The molecule has 1 aliphatic rings. The number of hydrogen-bond acceptors (Lipinski definition) is 5. The summed E-state index contributed by atoms with van der Waals surface area (Å²) in [5, 5.41) is 3.19. The second kappa shape index (κ2) is 9.64. The number of rotatable bonds is 7. The van der Waals surface area contributed by atoms with Gasteiger partial charge >= 0.3 is 0 Å². The van der Waals surface area contributed by atoms with Crippen LogP contribution < -0.4 is 5.32 Å². The zero-order valence-corrected chi connectivity index (χ0v) is 17.5. The lowest BCUT2D eigenvalue weighted by atomic mass is 9.90. The summed E-state index contributed by atoms with van der Waals surface area (Å²) in [5.74, 6) is 0.996. The first kappa shape index (κ1) is 20.9. The molecule has 0 bridgehead atoms. The number of nitrogens with zero attached hydrogens (tertiary/aromatic N) is 4. The van der Waals surface area contributed by atoms with E-state index in [4.69, 9.17) is 9.97 Å². The molecule has 1 aromatic carbocycles. The Labute approximate surface area is 181 Å². The molecule has 31 heavy (non-hydrogen) atoms. The summed E-state index contributed by atoms with van der Waals surface area (Å²) in [7, 11) is 0. The third kappa shape index (κ3) is 5.05. The highest BCUT2D eigenvalue weighted by molar-refractivity contribution is 5.65. The van der Waals surface area contributed by atoms with Gasteiger partial charge in [-0.15, -0.1) is 0 Å². The van der Waals surface area contributed by atoms with E-state index in [-0.39, 0.29) is 17.8 Å². The first-order valence-electron chi connectivity index (χ1n) is 10.7. The van der Waals surface area contributed by atoms with Gasteiger partial charge in [0.15, 0.2) is 0 Å². The Morgan fingerprint density at radius 2 is 2.10 bits per heavy atom. The van der Waals surface area contributed by atoms with Gasteiger partial charge in [0.05, 0.1) is 5.69 Å². The van der Waals surface area contributed by atoms with E-state index in [0.717, 1.165) is 43.4 Å². The highest BCUT2D eigenvalue weighted by atomic mass is 19.1. The topological polar surface area (TPSA) is 71.0 Å². The monoisotopic (exact) mass is 419 g/mol. The van der Waals surface area contributed by atoms with Gasteiger partial charge in [-0.2, -0.15) is 0 Å². The third-order valence-corrected chi connectivity index (χ3v) is 5.67. The molecule has 6 nitrogen and oxygen atoms in total. The number of hydrogen-bond donors (Lipinski definition) is 1. The van der Waals surface area contributed by atoms with E-state index in [1.807, 2.05) is 23.1 Å². The van der Waals surface area contributed by atoms with Crippen LogP contribution in [0, 0.1) is 5.82 Å². The third-order valence-electron chi connectivity index (χ3n) is 5.67. The van der Waals surface area contributed by atoms with E-state index in [1.54, 1.807) is 24.5 Å². The highest BCUT2D eigenvalue weighted by Crippen LogP contribution is 2.32. The largest absolute Gasteiger partial charge is 0.342 e. The number of anilines is 2. The van der Waals surface area contributed by atoms with Crippen molar-refractivity contribution >= 4 is 17.9 Å². The minimum atomic E-state index is -0.317. The molecular weight excluding hydrogens is 393 g/mol. The van der Waals surface area contributed by atoms with E-state index in [9.17, 15) is 9.18 Å². The van der Waals surface area contributed by atoms with Crippen molar-refractivity contribution in [2.24, 2.45) is 0 Å². The van der Waals surface area contributed by atoms with Crippen molar-refractivity contribution in [1.29, 1.82) is 0 Å². The Hall–Kier alpha value is -3.35. The molecule has 1 amide bonds. The zero-order valence-electron chi connectivity index (χ0n) is 17.5. The maximum atomic E-state index is 13.6. The predicted molar refractivity (Wildman–Crippen MR) is 118 cm³/mol. The first-order chi connectivity index (χ1) is 15.2. The smallest absolute Gasteiger partial charge is 0.209 e. The van der Waals surface area contributed by atoms with Crippen molar-refractivity contribution in [3.63, 3.8) is 0 Å². The van der Waals surface area contributed by atoms with Crippen molar-refractivity contribution in [3.8, 4) is 11.3 Å². The molecule has 7 heteroatoms. The zero-order chi connectivity index (χ0) is 21.6. The van der Waals surface area contributed by atoms with Gasteiger partial charge in [0.2, 0.25) is 6.41 Å². The number of carbonyl (C=O) groups is 1. The van der Waals surface area contributed by atoms with Crippen LogP contribution in [-0.2, 0) is 4.79 Å². The molecular formula is C24H26FN5O. The molecule has 1 aliphatic heterocycles. The normalized spacial score (nSPS) is 18.6. The summed E-state index contributed by atoms with van der Waals surface area (Å²) in [5.41, 5.74) is 2.23. The first-order valence-corrected chi connectivity index (χ1v) is 10.7. The molecule has 4 rings (SSSR count). The molecule has 0 radical (unpaired) electrons. The van der Waals surface area contributed by atoms with E-state index in [2.05, 4.69) is 17.2 Å². The van der Waals surface area contributed by atoms with Gasteiger partial charge < -0.3 is 10.2 Å². The Kier molecular flexibility index (Phi) is 6.50. The van der Waals surface area contributed by atoms with E-state index < -0.39 is 0 Å². The summed E-state index contributed by atoms with van der Waals surface area (Å²) in [6.45, 7) is 2.74. The Bertz CT molecular complexity index is 1030. The van der Waals surface area contributed by atoms with Gasteiger partial charge in [0.1, 0.15) is 17.5 Å². The van der Waals surface area contributed by atoms with Crippen LogP contribution in [0.3, 0.4) is 0 Å². The number of likely N-dealkylation sites (tertiary alicyclic amines) is 1. The fourth-order valence-electron chi connectivity index (χ4n) is 4.13. The fraction of sp³-hybridized carbons (Fsp3) is 0.333. The number of piperidine rings is 1. The summed E-state index contributed by atoms with van der Waals surface area (Å²) in [6, 6.07) is 12.2. The maximum Gasteiger partial charge on any atom is 0.209 e. The molecule has 2 unspecified atom stereocenters. The van der Waals surface area contributed by atoms with Gasteiger partial charge in [0, 0.05) is 48.2 Å².